The quantitative estimate of drug-likeness (QED) is 0.680. The molecule has 1 rings (SSSR count). The van der Waals surface area contributed by atoms with Crippen LogP contribution in [-0.4, -0.2) is 30.6 Å². The summed E-state index contributed by atoms with van der Waals surface area (Å²) < 4.78 is 0. The van der Waals surface area contributed by atoms with Gasteiger partial charge in [-0.05, 0) is 52.1 Å². The maximum Gasteiger partial charge on any atom is 0.00793 e. The summed E-state index contributed by atoms with van der Waals surface area (Å²) >= 11 is 0. The molecular formula is C12H26N2. The summed E-state index contributed by atoms with van der Waals surface area (Å²) in [7, 11) is 2.22. The molecule has 0 aromatic carbocycles. The van der Waals surface area contributed by atoms with Crippen LogP contribution in [0.3, 0.4) is 0 Å². The van der Waals surface area contributed by atoms with E-state index in [1.807, 2.05) is 0 Å². The standard InChI is InChI=1S/C12H26N2/c1-4-5-10(2)14(3)9-8-12(13)11-6-7-11/h10-12H,4-9,13H2,1-3H3. The Bertz CT molecular complexity index is 154. The van der Waals surface area contributed by atoms with Gasteiger partial charge in [0, 0.05) is 12.1 Å². The van der Waals surface area contributed by atoms with Crippen LogP contribution in [0.1, 0.15) is 46.0 Å². The van der Waals surface area contributed by atoms with E-state index in [1.165, 1.54) is 38.6 Å². The van der Waals surface area contributed by atoms with Crippen molar-refractivity contribution in [3.63, 3.8) is 0 Å². The van der Waals surface area contributed by atoms with Crippen molar-refractivity contribution < 1.29 is 0 Å². The smallest absolute Gasteiger partial charge is 0.00793 e. The van der Waals surface area contributed by atoms with Crippen molar-refractivity contribution in [2.45, 2.75) is 58.0 Å². The largest absolute Gasteiger partial charge is 0.327 e. The fraction of sp³-hybridized carbons (Fsp3) is 1.00. The summed E-state index contributed by atoms with van der Waals surface area (Å²) in [5, 5.41) is 0. The lowest BCUT2D eigenvalue weighted by Gasteiger charge is -2.25. The number of nitrogens with two attached hydrogens (primary N) is 1. The molecule has 0 aromatic rings. The highest BCUT2D eigenvalue weighted by molar-refractivity contribution is 4.84. The van der Waals surface area contributed by atoms with Crippen molar-refractivity contribution >= 4 is 0 Å². The molecule has 1 aliphatic carbocycles. The molecule has 84 valence electrons. The molecule has 2 nitrogen and oxygen atoms in total. The second-order valence-electron chi connectivity index (χ2n) is 4.91. The van der Waals surface area contributed by atoms with Crippen molar-refractivity contribution in [3.8, 4) is 0 Å². The van der Waals surface area contributed by atoms with Crippen LogP contribution in [0.25, 0.3) is 0 Å². The van der Waals surface area contributed by atoms with Gasteiger partial charge in [0.1, 0.15) is 0 Å². The van der Waals surface area contributed by atoms with Crippen LogP contribution in [0.5, 0.6) is 0 Å². The SMILES string of the molecule is CCCC(C)N(C)CCC(N)C1CC1. The number of hydrogen-bond acceptors (Lipinski definition) is 2. The summed E-state index contributed by atoms with van der Waals surface area (Å²) in [6.07, 6.45) is 6.50. The minimum atomic E-state index is 0.464. The lowest BCUT2D eigenvalue weighted by Crippen LogP contribution is -2.34. The molecule has 0 aliphatic heterocycles. The van der Waals surface area contributed by atoms with Gasteiger partial charge in [0.25, 0.3) is 0 Å². The Labute approximate surface area is 88.8 Å². The minimum Gasteiger partial charge on any atom is -0.327 e. The van der Waals surface area contributed by atoms with Crippen LogP contribution in [0, 0.1) is 5.92 Å². The maximum atomic E-state index is 6.07. The summed E-state index contributed by atoms with van der Waals surface area (Å²) in [5.41, 5.74) is 6.07. The van der Waals surface area contributed by atoms with E-state index in [9.17, 15) is 0 Å². The van der Waals surface area contributed by atoms with Gasteiger partial charge in [0.05, 0.1) is 0 Å². The molecule has 2 unspecified atom stereocenters. The van der Waals surface area contributed by atoms with Crippen LogP contribution in [0.4, 0.5) is 0 Å². The molecule has 2 N–H and O–H groups in total. The van der Waals surface area contributed by atoms with Gasteiger partial charge in [0.15, 0.2) is 0 Å². The fourth-order valence-corrected chi connectivity index (χ4v) is 1.97. The zero-order valence-electron chi connectivity index (χ0n) is 10.00. The van der Waals surface area contributed by atoms with Gasteiger partial charge >= 0.3 is 0 Å². The van der Waals surface area contributed by atoms with Crippen molar-refractivity contribution in [2.24, 2.45) is 11.7 Å². The molecule has 0 saturated heterocycles. The monoisotopic (exact) mass is 198 g/mol. The van der Waals surface area contributed by atoms with Gasteiger partial charge < -0.3 is 10.6 Å². The summed E-state index contributed by atoms with van der Waals surface area (Å²) in [6.45, 7) is 5.73. The molecule has 0 spiro atoms. The summed E-state index contributed by atoms with van der Waals surface area (Å²) in [4.78, 5) is 2.45. The first-order valence-electron chi connectivity index (χ1n) is 6.11. The van der Waals surface area contributed by atoms with Crippen LogP contribution in [0.15, 0.2) is 0 Å². The van der Waals surface area contributed by atoms with E-state index in [0.29, 0.717) is 12.1 Å². The van der Waals surface area contributed by atoms with Crippen molar-refractivity contribution in [2.75, 3.05) is 13.6 Å². The van der Waals surface area contributed by atoms with Crippen molar-refractivity contribution in [1.82, 2.24) is 4.90 Å². The van der Waals surface area contributed by atoms with Gasteiger partial charge in [-0.3, -0.25) is 0 Å². The van der Waals surface area contributed by atoms with Crippen LogP contribution < -0.4 is 5.73 Å². The lowest BCUT2D eigenvalue weighted by atomic mass is 10.1. The van der Waals surface area contributed by atoms with Gasteiger partial charge in [0.2, 0.25) is 0 Å². The Morgan fingerprint density at radius 3 is 2.50 bits per heavy atom. The van der Waals surface area contributed by atoms with Crippen molar-refractivity contribution in [3.05, 3.63) is 0 Å². The normalized spacial score (nSPS) is 21.2. The molecule has 1 fully saturated rings. The first-order valence-corrected chi connectivity index (χ1v) is 6.11. The Hall–Kier alpha value is -0.0800. The van der Waals surface area contributed by atoms with Gasteiger partial charge in [-0.25, -0.2) is 0 Å². The highest BCUT2D eigenvalue weighted by atomic mass is 15.1. The molecule has 1 saturated carbocycles. The Kier molecular flexibility index (Phi) is 4.90. The zero-order chi connectivity index (χ0) is 10.6. The van der Waals surface area contributed by atoms with E-state index >= 15 is 0 Å². The number of rotatable bonds is 7. The average Bonchev–Trinajstić information content (AvgIpc) is 2.97. The van der Waals surface area contributed by atoms with Crippen LogP contribution in [-0.2, 0) is 0 Å². The topological polar surface area (TPSA) is 29.3 Å². The molecule has 1 aliphatic rings. The minimum absolute atomic E-state index is 0.464. The first kappa shape index (κ1) is 12.0. The predicted molar refractivity (Wildman–Crippen MR) is 62.3 cm³/mol. The third-order valence-electron chi connectivity index (χ3n) is 3.50. The second kappa shape index (κ2) is 5.72. The molecule has 2 heteroatoms. The lowest BCUT2D eigenvalue weighted by molar-refractivity contribution is 0.233. The Morgan fingerprint density at radius 1 is 1.36 bits per heavy atom. The molecule has 2 atom stereocenters. The average molecular weight is 198 g/mol. The predicted octanol–water partition coefficient (Wildman–Crippen LogP) is 2.23. The third-order valence-corrected chi connectivity index (χ3v) is 3.50. The Balaban J connectivity index is 2.09. The van der Waals surface area contributed by atoms with E-state index in [1.54, 1.807) is 0 Å². The van der Waals surface area contributed by atoms with E-state index in [4.69, 9.17) is 5.73 Å². The summed E-state index contributed by atoms with van der Waals surface area (Å²) in [6, 6.07) is 1.18. The van der Waals surface area contributed by atoms with Crippen molar-refractivity contribution in [1.29, 1.82) is 0 Å². The van der Waals surface area contributed by atoms with Gasteiger partial charge in [-0.1, -0.05) is 13.3 Å². The number of hydrogen-bond donors (Lipinski definition) is 1. The van der Waals surface area contributed by atoms with Gasteiger partial charge in [-0.2, -0.15) is 0 Å². The zero-order valence-corrected chi connectivity index (χ0v) is 10.00. The third kappa shape index (κ3) is 3.97. The first-order chi connectivity index (χ1) is 6.65. The highest BCUT2D eigenvalue weighted by Crippen LogP contribution is 2.32. The Morgan fingerprint density at radius 2 is 2.00 bits per heavy atom. The molecule has 0 radical (unpaired) electrons. The molecule has 0 aromatic heterocycles. The van der Waals surface area contributed by atoms with E-state index in [-0.39, 0.29) is 0 Å². The van der Waals surface area contributed by atoms with Gasteiger partial charge in [-0.15, -0.1) is 0 Å². The second-order valence-corrected chi connectivity index (χ2v) is 4.91. The molecule has 0 amide bonds. The van der Waals surface area contributed by atoms with E-state index in [2.05, 4.69) is 25.8 Å². The van der Waals surface area contributed by atoms with E-state index < -0.39 is 0 Å². The summed E-state index contributed by atoms with van der Waals surface area (Å²) in [5.74, 6) is 0.852. The molecule has 0 heterocycles. The molecule has 0 bridgehead atoms. The molecule has 14 heavy (non-hydrogen) atoms. The van der Waals surface area contributed by atoms with Crippen LogP contribution >= 0.6 is 0 Å². The highest BCUT2D eigenvalue weighted by Gasteiger charge is 2.28. The van der Waals surface area contributed by atoms with Crippen LogP contribution in [0.2, 0.25) is 0 Å². The number of nitrogens with zero attached hydrogens (tertiary/aromatic N) is 1. The maximum absolute atomic E-state index is 6.07. The molecular weight excluding hydrogens is 172 g/mol. The van der Waals surface area contributed by atoms with E-state index in [0.717, 1.165) is 5.92 Å². The fourth-order valence-electron chi connectivity index (χ4n) is 1.97.